The molecule has 0 saturated carbocycles. The fourth-order valence-corrected chi connectivity index (χ4v) is 2.14. The monoisotopic (exact) mass is 229 g/mol. The van der Waals surface area contributed by atoms with Crippen molar-refractivity contribution in [1.29, 1.82) is 0 Å². The van der Waals surface area contributed by atoms with Gasteiger partial charge in [-0.05, 0) is 49.5 Å². The average Bonchev–Trinajstić information content (AvgIpc) is 2.30. The Balaban J connectivity index is 2.24. The first-order chi connectivity index (χ1) is 7.68. The van der Waals surface area contributed by atoms with E-state index < -0.39 is 17.8 Å². The van der Waals surface area contributed by atoms with Crippen LogP contribution in [0, 0.1) is 5.82 Å². The number of benzene rings is 1. The summed E-state index contributed by atoms with van der Waals surface area (Å²) in [6.45, 7) is 1.79. The zero-order valence-electron chi connectivity index (χ0n) is 8.85. The average molecular weight is 229 g/mol. The third-order valence-electron chi connectivity index (χ3n) is 3.07. The summed E-state index contributed by atoms with van der Waals surface area (Å²) in [7, 11) is 0. The number of alkyl halides is 2. The summed E-state index contributed by atoms with van der Waals surface area (Å²) in [6, 6.07) is 4.09. The predicted molar refractivity (Wildman–Crippen MR) is 56.2 cm³/mol. The Morgan fingerprint density at radius 3 is 2.50 bits per heavy atom. The lowest BCUT2D eigenvalue weighted by Crippen LogP contribution is -2.26. The summed E-state index contributed by atoms with van der Waals surface area (Å²) < 4.78 is 38.1. The Morgan fingerprint density at radius 1 is 1.19 bits per heavy atom. The number of nitrogens with one attached hydrogen (secondary N) is 1. The lowest BCUT2D eigenvalue weighted by Gasteiger charge is -2.23. The molecule has 0 aliphatic carbocycles. The van der Waals surface area contributed by atoms with E-state index in [2.05, 4.69) is 5.32 Å². The molecule has 0 amide bonds. The van der Waals surface area contributed by atoms with E-state index in [4.69, 9.17) is 0 Å². The maximum atomic E-state index is 13.1. The van der Waals surface area contributed by atoms with E-state index in [9.17, 15) is 13.2 Å². The van der Waals surface area contributed by atoms with Crippen molar-refractivity contribution in [1.82, 2.24) is 5.32 Å². The third kappa shape index (κ3) is 2.38. The molecule has 0 spiro atoms. The first-order valence-corrected chi connectivity index (χ1v) is 5.46. The Kier molecular flexibility index (Phi) is 3.49. The van der Waals surface area contributed by atoms with Gasteiger partial charge in [-0.2, -0.15) is 0 Å². The van der Waals surface area contributed by atoms with Crippen LogP contribution in [0.5, 0.6) is 0 Å². The van der Waals surface area contributed by atoms with E-state index in [1.165, 1.54) is 6.07 Å². The molecule has 16 heavy (non-hydrogen) atoms. The molecule has 4 heteroatoms. The molecule has 0 aromatic heterocycles. The third-order valence-corrected chi connectivity index (χ3v) is 3.07. The second-order valence-corrected chi connectivity index (χ2v) is 4.11. The SMILES string of the molecule is Fc1ccc(C2CCNCC2)cc1C(F)F. The fourth-order valence-electron chi connectivity index (χ4n) is 2.14. The largest absolute Gasteiger partial charge is 0.317 e. The van der Waals surface area contributed by atoms with Crippen LogP contribution in [-0.2, 0) is 0 Å². The van der Waals surface area contributed by atoms with Gasteiger partial charge in [0, 0.05) is 0 Å². The van der Waals surface area contributed by atoms with Gasteiger partial charge < -0.3 is 5.32 Å². The van der Waals surface area contributed by atoms with Crippen LogP contribution in [0.1, 0.15) is 36.3 Å². The van der Waals surface area contributed by atoms with Crippen molar-refractivity contribution in [2.45, 2.75) is 25.2 Å². The Bertz CT molecular complexity index is 359. The van der Waals surface area contributed by atoms with Crippen molar-refractivity contribution >= 4 is 0 Å². The van der Waals surface area contributed by atoms with Gasteiger partial charge in [0.15, 0.2) is 0 Å². The minimum atomic E-state index is -2.73. The van der Waals surface area contributed by atoms with Crippen molar-refractivity contribution in [3.63, 3.8) is 0 Å². The van der Waals surface area contributed by atoms with Crippen molar-refractivity contribution in [3.8, 4) is 0 Å². The molecular weight excluding hydrogens is 215 g/mol. The molecule has 0 radical (unpaired) electrons. The number of hydrogen-bond acceptors (Lipinski definition) is 1. The number of piperidine rings is 1. The molecule has 1 aromatic rings. The topological polar surface area (TPSA) is 12.0 Å². The highest BCUT2D eigenvalue weighted by Crippen LogP contribution is 2.30. The number of hydrogen-bond donors (Lipinski definition) is 1. The van der Waals surface area contributed by atoms with Crippen LogP contribution in [0.4, 0.5) is 13.2 Å². The molecule has 1 nitrogen and oxygen atoms in total. The minimum absolute atomic E-state index is 0.277. The molecule has 1 aliphatic heterocycles. The predicted octanol–water partition coefficient (Wildman–Crippen LogP) is 3.23. The standard InChI is InChI=1S/C12H14F3N/c13-11-2-1-9(7-10(11)12(14)15)8-3-5-16-6-4-8/h1-2,7-8,12,16H,3-6H2. The molecular formula is C12H14F3N. The number of halogens is 3. The molecule has 88 valence electrons. The normalized spacial score (nSPS) is 18.0. The summed E-state index contributed by atoms with van der Waals surface area (Å²) in [4.78, 5) is 0. The van der Waals surface area contributed by atoms with E-state index in [0.717, 1.165) is 37.6 Å². The zero-order valence-corrected chi connectivity index (χ0v) is 8.85. The van der Waals surface area contributed by atoms with Gasteiger partial charge in [-0.15, -0.1) is 0 Å². The first-order valence-electron chi connectivity index (χ1n) is 5.46. The van der Waals surface area contributed by atoms with E-state index in [1.807, 2.05) is 0 Å². The highest BCUT2D eigenvalue weighted by atomic mass is 19.3. The van der Waals surface area contributed by atoms with Crippen LogP contribution in [0.2, 0.25) is 0 Å². The summed E-state index contributed by atoms with van der Waals surface area (Å²) in [6.07, 6.45) is -0.885. The van der Waals surface area contributed by atoms with Gasteiger partial charge in [-0.1, -0.05) is 6.07 Å². The maximum absolute atomic E-state index is 13.1. The summed E-state index contributed by atoms with van der Waals surface area (Å²) in [5.74, 6) is -0.535. The van der Waals surface area contributed by atoms with Crippen LogP contribution in [0.25, 0.3) is 0 Å². The van der Waals surface area contributed by atoms with Crippen molar-refractivity contribution in [2.75, 3.05) is 13.1 Å². The lowest BCUT2D eigenvalue weighted by atomic mass is 9.89. The summed E-state index contributed by atoms with van der Waals surface area (Å²) in [5, 5.41) is 3.21. The van der Waals surface area contributed by atoms with Gasteiger partial charge >= 0.3 is 0 Å². The zero-order chi connectivity index (χ0) is 11.5. The van der Waals surface area contributed by atoms with Crippen LogP contribution >= 0.6 is 0 Å². The second kappa shape index (κ2) is 4.87. The van der Waals surface area contributed by atoms with Gasteiger partial charge in [-0.25, -0.2) is 13.2 Å². The molecule has 1 fully saturated rings. The summed E-state index contributed by atoms with van der Waals surface area (Å²) in [5.41, 5.74) is 0.356. The molecule has 2 rings (SSSR count). The van der Waals surface area contributed by atoms with Crippen molar-refractivity contribution in [2.24, 2.45) is 0 Å². The fraction of sp³-hybridized carbons (Fsp3) is 0.500. The van der Waals surface area contributed by atoms with Gasteiger partial charge in [0.1, 0.15) is 5.82 Å². The molecule has 1 saturated heterocycles. The lowest BCUT2D eigenvalue weighted by molar-refractivity contribution is 0.146. The van der Waals surface area contributed by atoms with Crippen LogP contribution in [0.15, 0.2) is 18.2 Å². The minimum Gasteiger partial charge on any atom is -0.317 e. The van der Waals surface area contributed by atoms with Crippen molar-refractivity contribution in [3.05, 3.63) is 35.1 Å². The van der Waals surface area contributed by atoms with E-state index >= 15 is 0 Å². The highest BCUT2D eigenvalue weighted by molar-refractivity contribution is 5.29. The van der Waals surface area contributed by atoms with Crippen LogP contribution in [0.3, 0.4) is 0 Å². The maximum Gasteiger partial charge on any atom is 0.266 e. The second-order valence-electron chi connectivity index (χ2n) is 4.11. The van der Waals surface area contributed by atoms with E-state index in [-0.39, 0.29) is 5.92 Å². The molecule has 0 bridgehead atoms. The van der Waals surface area contributed by atoms with Gasteiger partial charge in [-0.3, -0.25) is 0 Å². The van der Waals surface area contributed by atoms with Crippen molar-refractivity contribution < 1.29 is 13.2 Å². The van der Waals surface area contributed by atoms with Crippen LogP contribution in [-0.4, -0.2) is 13.1 Å². The summed E-state index contributed by atoms with van der Waals surface area (Å²) >= 11 is 0. The van der Waals surface area contributed by atoms with Crippen LogP contribution < -0.4 is 5.32 Å². The van der Waals surface area contributed by atoms with Gasteiger partial charge in [0.05, 0.1) is 5.56 Å². The molecule has 1 aromatic carbocycles. The Labute approximate surface area is 92.7 Å². The molecule has 0 unspecified atom stereocenters. The van der Waals surface area contributed by atoms with Gasteiger partial charge in [0.25, 0.3) is 6.43 Å². The van der Waals surface area contributed by atoms with E-state index in [1.54, 1.807) is 6.07 Å². The molecule has 1 heterocycles. The molecule has 0 atom stereocenters. The highest BCUT2D eigenvalue weighted by Gasteiger charge is 2.19. The Morgan fingerprint density at radius 2 is 1.88 bits per heavy atom. The molecule has 1 N–H and O–H groups in total. The smallest absolute Gasteiger partial charge is 0.266 e. The van der Waals surface area contributed by atoms with Gasteiger partial charge in [0.2, 0.25) is 0 Å². The Hall–Kier alpha value is -1.03. The number of rotatable bonds is 2. The first kappa shape index (κ1) is 11.5. The molecule has 1 aliphatic rings. The quantitative estimate of drug-likeness (QED) is 0.821. The van der Waals surface area contributed by atoms with E-state index in [0.29, 0.717) is 0 Å².